The molecule has 2 N–H and O–H groups in total. The third-order valence-corrected chi connectivity index (χ3v) is 5.36. The normalized spacial score (nSPS) is 37.2. The number of esters is 1. The van der Waals surface area contributed by atoms with Gasteiger partial charge in [-0.15, -0.1) is 0 Å². The van der Waals surface area contributed by atoms with Gasteiger partial charge in [-0.1, -0.05) is 45.4 Å². The zero-order valence-electron chi connectivity index (χ0n) is 17.0. The maximum atomic E-state index is 12.3. The molecule has 0 aromatic rings. The van der Waals surface area contributed by atoms with Crippen LogP contribution >= 0.6 is 0 Å². The monoisotopic (exact) mass is 382 g/mol. The molecule has 0 aromatic heterocycles. The maximum absolute atomic E-state index is 12.3. The van der Waals surface area contributed by atoms with Gasteiger partial charge in [-0.3, -0.25) is 9.59 Å². The second kappa shape index (κ2) is 11.4. The van der Waals surface area contributed by atoms with Crippen LogP contribution in [0.5, 0.6) is 0 Å². The SMILES string of the molecule is CC[C@H]1C[C@@H](C)C(=O)C=CC=C[C@H](C)[C@@H](C)OC(=O)C[C@@H](O)[C@H](OC)[C@H]1O. The van der Waals surface area contributed by atoms with E-state index >= 15 is 0 Å². The van der Waals surface area contributed by atoms with Crippen LogP contribution in [0.3, 0.4) is 0 Å². The van der Waals surface area contributed by atoms with E-state index in [1.807, 2.05) is 26.8 Å². The average Bonchev–Trinajstić information content (AvgIpc) is 2.61. The third-order valence-electron chi connectivity index (χ3n) is 5.36. The Morgan fingerprint density at radius 1 is 1.19 bits per heavy atom. The Bertz CT molecular complexity index is 541. The number of aliphatic hydroxyl groups excluding tert-OH is 2. The fourth-order valence-electron chi connectivity index (χ4n) is 3.27. The van der Waals surface area contributed by atoms with Crippen molar-refractivity contribution in [3.63, 3.8) is 0 Å². The van der Waals surface area contributed by atoms with Crippen molar-refractivity contribution >= 4 is 11.8 Å². The molecule has 0 fully saturated rings. The molecule has 1 aliphatic rings. The number of ketones is 1. The summed E-state index contributed by atoms with van der Waals surface area (Å²) >= 11 is 0. The molecule has 6 nitrogen and oxygen atoms in total. The molecule has 0 saturated heterocycles. The van der Waals surface area contributed by atoms with Crippen molar-refractivity contribution in [3.05, 3.63) is 24.3 Å². The van der Waals surface area contributed by atoms with Gasteiger partial charge in [0.25, 0.3) is 0 Å². The molecule has 0 spiro atoms. The minimum absolute atomic E-state index is 0.0148. The lowest BCUT2D eigenvalue weighted by atomic mass is 9.83. The van der Waals surface area contributed by atoms with Crippen LogP contribution in [-0.4, -0.2) is 53.5 Å². The van der Waals surface area contributed by atoms with Gasteiger partial charge in [0.1, 0.15) is 12.2 Å². The van der Waals surface area contributed by atoms with Gasteiger partial charge in [-0.2, -0.15) is 0 Å². The summed E-state index contributed by atoms with van der Waals surface area (Å²) in [6.45, 7) is 7.42. The second-order valence-electron chi connectivity index (χ2n) is 7.47. The molecule has 1 heterocycles. The first-order valence-electron chi connectivity index (χ1n) is 9.68. The Morgan fingerprint density at radius 3 is 2.44 bits per heavy atom. The number of aliphatic hydroxyl groups is 2. The maximum Gasteiger partial charge on any atom is 0.308 e. The summed E-state index contributed by atoms with van der Waals surface area (Å²) < 4.78 is 10.7. The number of methoxy groups -OCH3 is 1. The summed E-state index contributed by atoms with van der Waals surface area (Å²) in [5, 5.41) is 21.1. The molecule has 1 aliphatic heterocycles. The number of allylic oxidation sites excluding steroid dienone is 3. The standard InChI is InChI=1S/C21H34O6/c1-6-16-11-14(3)17(22)10-8-7-9-13(2)15(4)27-19(24)12-18(23)21(26-5)20(16)25/h7-10,13-16,18,20-21,23,25H,6,11-12H2,1-5H3/t13-,14+,15+,16-,18+,20-,21-/m0/s1. The highest BCUT2D eigenvalue weighted by Gasteiger charge is 2.35. The van der Waals surface area contributed by atoms with Crippen molar-refractivity contribution in [2.45, 2.75) is 71.4 Å². The molecule has 0 saturated carbocycles. The van der Waals surface area contributed by atoms with E-state index < -0.39 is 24.3 Å². The van der Waals surface area contributed by atoms with Gasteiger partial charge in [0.05, 0.1) is 18.6 Å². The molecule has 7 atom stereocenters. The number of hydrogen-bond acceptors (Lipinski definition) is 6. The van der Waals surface area contributed by atoms with Crippen LogP contribution in [0.4, 0.5) is 0 Å². The Kier molecular flexibility index (Phi) is 9.91. The van der Waals surface area contributed by atoms with E-state index in [9.17, 15) is 19.8 Å². The van der Waals surface area contributed by atoms with Crippen LogP contribution in [-0.2, 0) is 19.1 Å². The first-order chi connectivity index (χ1) is 12.7. The van der Waals surface area contributed by atoms with Crippen molar-refractivity contribution in [1.29, 1.82) is 0 Å². The van der Waals surface area contributed by atoms with E-state index in [2.05, 4.69) is 0 Å². The number of ether oxygens (including phenoxy) is 2. The highest BCUT2D eigenvalue weighted by Crippen LogP contribution is 2.26. The Hall–Kier alpha value is -1.50. The molecule has 0 bridgehead atoms. The molecule has 154 valence electrons. The van der Waals surface area contributed by atoms with Crippen LogP contribution in [0.25, 0.3) is 0 Å². The van der Waals surface area contributed by atoms with E-state index in [0.29, 0.717) is 12.8 Å². The van der Waals surface area contributed by atoms with Gasteiger partial charge < -0.3 is 19.7 Å². The summed E-state index contributed by atoms with van der Waals surface area (Å²) in [6, 6.07) is 0. The largest absolute Gasteiger partial charge is 0.462 e. The topological polar surface area (TPSA) is 93.1 Å². The molecule has 0 unspecified atom stereocenters. The van der Waals surface area contributed by atoms with Gasteiger partial charge in [-0.05, 0) is 25.3 Å². The van der Waals surface area contributed by atoms with Crippen molar-refractivity contribution in [1.82, 2.24) is 0 Å². The van der Waals surface area contributed by atoms with Crippen LogP contribution in [0, 0.1) is 17.8 Å². The lowest BCUT2D eigenvalue weighted by molar-refractivity contribution is -0.157. The van der Waals surface area contributed by atoms with Gasteiger partial charge in [0.2, 0.25) is 0 Å². The third kappa shape index (κ3) is 7.20. The second-order valence-corrected chi connectivity index (χ2v) is 7.47. The molecule has 0 aromatic carbocycles. The van der Waals surface area contributed by atoms with Gasteiger partial charge >= 0.3 is 5.97 Å². The van der Waals surface area contributed by atoms with Crippen LogP contribution in [0.1, 0.15) is 47.0 Å². The fourth-order valence-corrected chi connectivity index (χ4v) is 3.27. The molecule has 6 heteroatoms. The number of rotatable bonds is 2. The molecular weight excluding hydrogens is 348 g/mol. The molecule has 1 rings (SSSR count). The summed E-state index contributed by atoms with van der Waals surface area (Å²) in [4.78, 5) is 24.5. The van der Waals surface area contributed by atoms with Gasteiger partial charge in [0.15, 0.2) is 5.78 Å². The van der Waals surface area contributed by atoms with Crippen molar-refractivity contribution in [3.8, 4) is 0 Å². The van der Waals surface area contributed by atoms with E-state index in [0.717, 1.165) is 0 Å². The Balaban J connectivity index is 3.11. The first-order valence-corrected chi connectivity index (χ1v) is 9.68. The summed E-state index contributed by atoms with van der Waals surface area (Å²) in [5.74, 6) is -1.11. The van der Waals surface area contributed by atoms with Gasteiger partial charge in [0, 0.05) is 18.9 Å². The van der Waals surface area contributed by atoms with Crippen LogP contribution in [0.2, 0.25) is 0 Å². The van der Waals surface area contributed by atoms with Crippen molar-refractivity contribution in [2.24, 2.45) is 17.8 Å². The number of hydrogen-bond donors (Lipinski definition) is 2. The van der Waals surface area contributed by atoms with E-state index in [4.69, 9.17) is 9.47 Å². The van der Waals surface area contributed by atoms with E-state index in [1.54, 1.807) is 19.1 Å². The Labute approximate surface area is 162 Å². The van der Waals surface area contributed by atoms with Crippen molar-refractivity contribution < 1.29 is 29.3 Å². The molecule has 27 heavy (non-hydrogen) atoms. The number of carbonyl (C=O) groups excluding carboxylic acids is 2. The molecule has 0 amide bonds. The summed E-state index contributed by atoms with van der Waals surface area (Å²) in [5.41, 5.74) is 0. The fraction of sp³-hybridized carbons (Fsp3) is 0.714. The smallest absolute Gasteiger partial charge is 0.308 e. The average molecular weight is 382 g/mol. The lowest BCUT2D eigenvalue weighted by Gasteiger charge is -2.32. The first kappa shape index (κ1) is 23.5. The summed E-state index contributed by atoms with van der Waals surface area (Å²) in [7, 11) is 1.39. The highest BCUT2D eigenvalue weighted by molar-refractivity contribution is 5.91. The quantitative estimate of drug-likeness (QED) is 0.713. The zero-order valence-corrected chi connectivity index (χ0v) is 17.0. The van der Waals surface area contributed by atoms with Crippen molar-refractivity contribution in [2.75, 3.05) is 7.11 Å². The summed E-state index contributed by atoms with van der Waals surface area (Å²) in [6.07, 6.45) is 4.18. The predicted molar refractivity (Wildman–Crippen MR) is 103 cm³/mol. The predicted octanol–water partition coefficient (Wildman–Crippen LogP) is 2.43. The highest BCUT2D eigenvalue weighted by atomic mass is 16.5. The minimum Gasteiger partial charge on any atom is -0.462 e. The van der Waals surface area contributed by atoms with Gasteiger partial charge in [-0.25, -0.2) is 0 Å². The molecule has 0 aliphatic carbocycles. The molecular formula is C21H34O6. The van der Waals surface area contributed by atoms with E-state index in [-0.39, 0.29) is 36.1 Å². The van der Waals surface area contributed by atoms with Crippen LogP contribution in [0.15, 0.2) is 24.3 Å². The minimum atomic E-state index is -1.19. The number of carbonyl (C=O) groups is 2. The lowest BCUT2D eigenvalue weighted by Crippen LogP contribution is -2.45. The molecule has 0 radical (unpaired) electrons. The van der Waals surface area contributed by atoms with Crippen LogP contribution < -0.4 is 0 Å². The van der Waals surface area contributed by atoms with E-state index in [1.165, 1.54) is 13.2 Å². The zero-order chi connectivity index (χ0) is 20.6. The Morgan fingerprint density at radius 2 is 1.85 bits per heavy atom. The number of cyclic esters (lactones) is 1.